The number of aromatic nitrogens is 1. The van der Waals surface area contributed by atoms with Gasteiger partial charge in [0.1, 0.15) is 5.82 Å². The zero-order chi connectivity index (χ0) is 15.1. The van der Waals surface area contributed by atoms with Gasteiger partial charge in [0, 0.05) is 19.3 Å². The highest BCUT2D eigenvalue weighted by Gasteiger charge is 2.04. The molecule has 2 N–H and O–H groups in total. The minimum atomic E-state index is -0.122. The highest BCUT2D eigenvalue weighted by Crippen LogP contribution is 2.09. The van der Waals surface area contributed by atoms with Crippen LogP contribution >= 0.6 is 0 Å². The monoisotopic (exact) mass is 280 g/mol. The summed E-state index contributed by atoms with van der Waals surface area (Å²) in [5.74, 6) is 0.580. The van der Waals surface area contributed by atoms with Gasteiger partial charge in [-0.15, -0.1) is 0 Å². The Morgan fingerprint density at radius 1 is 1.24 bits per heavy atom. The standard InChI is InChI=1S/C16H16N4O/c1-2-18-16(21)14-7-8-15(20-11-14)19-10-13-5-3-12(9-17)4-6-13/h3-8,11H,2,10H2,1H3,(H,18,21)(H,19,20). The SMILES string of the molecule is CCNC(=O)c1ccc(NCc2ccc(C#N)cc2)nc1. The van der Waals surface area contributed by atoms with Gasteiger partial charge in [0.2, 0.25) is 0 Å². The van der Waals surface area contributed by atoms with Crippen molar-refractivity contribution in [3.8, 4) is 6.07 Å². The molecule has 0 fully saturated rings. The number of nitrogens with one attached hydrogen (secondary N) is 2. The fourth-order valence-electron chi connectivity index (χ4n) is 1.79. The highest BCUT2D eigenvalue weighted by molar-refractivity contribution is 5.93. The lowest BCUT2D eigenvalue weighted by Gasteiger charge is -2.07. The first-order valence-corrected chi connectivity index (χ1v) is 6.70. The molecule has 2 aromatic rings. The van der Waals surface area contributed by atoms with Crippen molar-refractivity contribution in [2.24, 2.45) is 0 Å². The maximum absolute atomic E-state index is 11.6. The molecule has 0 bridgehead atoms. The maximum Gasteiger partial charge on any atom is 0.252 e. The minimum Gasteiger partial charge on any atom is -0.366 e. The van der Waals surface area contributed by atoms with Crippen LogP contribution < -0.4 is 10.6 Å². The topological polar surface area (TPSA) is 77.8 Å². The van der Waals surface area contributed by atoms with Gasteiger partial charge in [0.25, 0.3) is 5.91 Å². The van der Waals surface area contributed by atoms with Crippen LogP contribution in [0.5, 0.6) is 0 Å². The Morgan fingerprint density at radius 3 is 2.57 bits per heavy atom. The Morgan fingerprint density at radius 2 is 2.00 bits per heavy atom. The molecule has 2 rings (SSSR count). The summed E-state index contributed by atoms with van der Waals surface area (Å²) in [5, 5.41) is 14.6. The van der Waals surface area contributed by atoms with Crippen molar-refractivity contribution in [2.45, 2.75) is 13.5 Å². The van der Waals surface area contributed by atoms with Crippen molar-refractivity contribution in [1.82, 2.24) is 10.3 Å². The zero-order valence-corrected chi connectivity index (χ0v) is 11.8. The third-order valence-electron chi connectivity index (χ3n) is 2.92. The van der Waals surface area contributed by atoms with Crippen molar-refractivity contribution in [1.29, 1.82) is 5.26 Å². The number of pyridine rings is 1. The molecule has 106 valence electrons. The summed E-state index contributed by atoms with van der Waals surface area (Å²) in [7, 11) is 0. The number of nitriles is 1. The summed E-state index contributed by atoms with van der Waals surface area (Å²) in [4.78, 5) is 15.8. The van der Waals surface area contributed by atoms with E-state index in [-0.39, 0.29) is 5.91 Å². The molecular formula is C16H16N4O. The normalized spacial score (nSPS) is 9.71. The molecule has 0 spiro atoms. The Hall–Kier alpha value is -2.87. The molecule has 1 aromatic carbocycles. The molecule has 1 amide bonds. The molecule has 1 aromatic heterocycles. The summed E-state index contributed by atoms with van der Waals surface area (Å²) in [5.41, 5.74) is 2.24. The Kier molecular flexibility index (Phi) is 4.89. The van der Waals surface area contributed by atoms with Crippen molar-refractivity contribution in [3.63, 3.8) is 0 Å². The molecule has 0 aliphatic carbocycles. The maximum atomic E-state index is 11.6. The number of hydrogen-bond acceptors (Lipinski definition) is 4. The number of carbonyl (C=O) groups is 1. The van der Waals surface area contributed by atoms with E-state index >= 15 is 0 Å². The molecular weight excluding hydrogens is 264 g/mol. The second-order valence-corrected chi connectivity index (χ2v) is 4.45. The van der Waals surface area contributed by atoms with E-state index < -0.39 is 0 Å². The first-order valence-electron chi connectivity index (χ1n) is 6.70. The lowest BCUT2D eigenvalue weighted by atomic mass is 10.1. The Labute approximate surface area is 123 Å². The van der Waals surface area contributed by atoms with Gasteiger partial charge in [-0.2, -0.15) is 5.26 Å². The van der Waals surface area contributed by atoms with Crippen LogP contribution in [0, 0.1) is 11.3 Å². The van der Waals surface area contributed by atoms with Crippen molar-refractivity contribution < 1.29 is 4.79 Å². The average Bonchev–Trinajstić information content (AvgIpc) is 2.54. The fraction of sp³-hybridized carbons (Fsp3) is 0.188. The van der Waals surface area contributed by atoms with Crippen LogP contribution in [0.4, 0.5) is 5.82 Å². The summed E-state index contributed by atoms with van der Waals surface area (Å²) >= 11 is 0. The van der Waals surface area contributed by atoms with E-state index in [0.29, 0.717) is 30.0 Å². The molecule has 0 unspecified atom stereocenters. The van der Waals surface area contributed by atoms with Gasteiger partial charge >= 0.3 is 0 Å². The van der Waals surface area contributed by atoms with Gasteiger partial charge in [0.05, 0.1) is 17.2 Å². The lowest BCUT2D eigenvalue weighted by Crippen LogP contribution is -2.22. The van der Waals surface area contributed by atoms with E-state index in [1.807, 2.05) is 19.1 Å². The van der Waals surface area contributed by atoms with Crippen LogP contribution in [0.3, 0.4) is 0 Å². The first kappa shape index (κ1) is 14.5. The van der Waals surface area contributed by atoms with Crippen LogP contribution in [0.25, 0.3) is 0 Å². The molecule has 0 atom stereocenters. The molecule has 5 nitrogen and oxygen atoms in total. The van der Waals surface area contributed by atoms with E-state index in [1.165, 1.54) is 0 Å². The predicted octanol–water partition coefficient (Wildman–Crippen LogP) is 2.32. The van der Waals surface area contributed by atoms with Crippen LogP contribution in [-0.2, 0) is 6.54 Å². The number of anilines is 1. The predicted molar refractivity (Wildman–Crippen MR) is 80.7 cm³/mol. The second-order valence-electron chi connectivity index (χ2n) is 4.45. The van der Waals surface area contributed by atoms with Crippen molar-refractivity contribution in [2.75, 3.05) is 11.9 Å². The number of amides is 1. The van der Waals surface area contributed by atoms with Gasteiger partial charge in [-0.3, -0.25) is 4.79 Å². The smallest absolute Gasteiger partial charge is 0.252 e. The van der Waals surface area contributed by atoms with Crippen molar-refractivity contribution in [3.05, 3.63) is 59.3 Å². The van der Waals surface area contributed by atoms with Gasteiger partial charge in [-0.25, -0.2) is 4.98 Å². The summed E-state index contributed by atoms with van der Waals surface area (Å²) < 4.78 is 0. The van der Waals surface area contributed by atoms with Crippen LogP contribution in [0.1, 0.15) is 28.4 Å². The number of rotatable bonds is 5. The molecule has 0 saturated heterocycles. The van der Waals surface area contributed by atoms with Crippen molar-refractivity contribution >= 4 is 11.7 Å². The molecule has 0 saturated carbocycles. The largest absolute Gasteiger partial charge is 0.366 e. The molecule has 0 aliphatic rings. The number of benzene rings is 1. The van der Waals surface area contributed by atoms with E-state index in [9.17, 15) is 4.79 Å². The number of nitrogens with zero attached hydrogens (tertiary/aromatic N) is 2. The first-order chi connectivity index (χ1) is 10.2. The number of hydrogen-bond donors (Lipinski definition) is 2. The van der Waals surface area contributed by atoms with Gasteiger partial charge in [0.15, 0.2) is 0 Å². The third-order valence-corrected chi connectivity index (χ3v) is 2.92. The van der Waals surface area contributed by atoms with Crippen LogP contribution in [0.2, 0.25) is 0 Å². The molecule has 0 radical (unpaired) electrons. The summed E-state index contributed by atoms with van der Waals surface area (Å²) in [6.45, 7) is 3.08. The fourth-order valence-corrected chi connectivity index (χ4v) is 1.79. The second kappa shape index (κ2) is 7.06. The van der Waals surface area contributed by atoms with E-state index in [2.05, 4.69) is 21.7 Å². The molecule has 5 heteroatoms. The zero-order valence-electron chi connectivity index (χ0n) is 11.8. The van der Waals surface area contributed by atoms with Crippen LogP contribution in [0.15, 0.2) is 42.6 Å². The quantitative estimate of drug-likeness (QED) is 0.881. The van der Waals surface area contributed by atoms with Gasteiger partial charge in [-0.1, -0.05) is 12.1 Å². The average molecular weight is 280 g/mol. The summed E-state index contributed by atoms with van der Waals surface area (Å²) in [6.07, 6.45) is 1.55. The van der Waals surface area contributed by atoms with Gasteiger partial charge < -0.3 is 10.6 Å². The Bertz CT molecular complexity index is 641. The van der Waals surface area contributed by atoms with E-state index in [1.54, 1.807) is 30.5 Å². The minimum absolute atomic E-state index is 0.122. The Balaban J connectivity index is 1.94. The van der Waals surface area contributed by atoms with E-state index in [4.69, 9.17) is 5.26 Å². The third kappa shape index (κ3) is 4.05. The van der Waals surface area contributed by atoms with E-state index in [0.717, 1.165) is 5.56 Å². The number of carbonyl (C=O) groups excluding carboxylic acids is 1. The van der Waals surface area contributed by atoms with Crippen LogP contribution in [-0.4, -0.2) is 17.4 Å². The lowest BCUT2D eigenvalue weighted by molar-refractivity contribution is 0.0955. The molecule has 21 heavy (non-hydrogen) atoms. The van der Waals surface area contributed by atoms with Gasteiger partial charge in [-0.05, 0) is 36.8 Å². The highest BCUT2D eigenvalue weighted by atomic mass is 16.1. The molecule has 1 heterocycles. The molecule has 0 aliphatic heterocycles. The summed E-state index contributed by atoms with van der Waals surface area (Å²) in [6, 6.07) is 12.9.